The molecule has 0 spiro atoms. The molecule has 3 unspecified atom stereocenters. The van der Waals surface area contributed by atoms with Crippen LogP contribution in [-0.4, -0.2) is 17.8 Å². The van der Waals surface area contributed by atoms with Crippen molar-refractivity contribution in [1.29, 1.82) is 0 Å². The van der Waals surface area contributed by atoms with E-state index < -0.39 is 0 Å². The molecule has 2 aliphatic carbocycles. The van der Waals surface area contributed by atoms with E-state index in [0.717, 1.165) is 37.9 Å². The molecule has 2 aliphatic rings. The average molecular weight is 260 g/mol. The molecule has 104 valence electrons. The number of hydrogen-bond acceptors (Lipinski definition) is 3. The molecular weight excluding hydrogens is 236 g/mol. The number of hydrogen-bond donors (Lipinski definition) is 3. The van der Waals surface area contributed by atoms with Crippen LogP contribution in [0.15, 0.2) is 18.2 Å². The van der Waals surface area contributed by atoms with Gasteiger partial charge in [-0.1, -0.05) is 18.9 Å². The van der Waals surface area contributed by atoms with Crippen LogP contribution in [0.5, 0.6) is 0 Å². The lowest BCUT2D eigenvalue weighted by Gasteiger charge is -2.29. The normalized spacial score (nSPS) is 30.3. The van der Waals surface area contributed by atoms with E-state index in [1.807, 2.05) is 6.07 Å². The summed E-state index contributed by atoms with van der Waals surface area (Å²) < 4.78 is 0. The van der Waals surface area contributed by atoms with Crippen LogP contribution in [0.3, 0.4) is 0 Å². The first-order valence-electron chi connectivity index (χ1n) is 7.54. The first kappa shape index (κ1) is 12.9. The van der Waals surface area contributed by atoms with Gasteiger partial charge in [-0.3, -0.25) is 0 Å². The predicted molar refractivity (Wildman–Crippen MR) is 77.9 cm³/mol. The van der Waals surface area contributed by atoms with E-state index in [1.54, 1.807) is 0 Å². The molecule has 0 amide bonds. The van der Waals surface area contributed by atoms with Crippen molar-refractivity contribution >= 4 is 5.69 Å². The number of fused-ring (bicyclic) bond motifs is 1. The van der Waals surface area contributed by atoms with Gasteiger partial charge in [-0.25, -0.2) is 0 Å². The summed E-state index contributed by atoms with van der Waals surface area (Å²) in [5.74, 6) is 0.437. The molecule has 0 bridgehead atoms. The van der Waals surface area contributed by atoms with E-state index in [2.05, 4.69) is 17.4 Å². The Morgan fingerprint density at radius 3 is 2.89 bits per heavy atom. The number of benzene rings is 1. The number of nitrogens with two attached hydrogens (primary N) is 1. The van der Waals surface area contributed by atoms with Gasteiger partial charge in [0.15, 0.2) is 0 Å². The molecule has 1 aromatic carbocycles. The zero-order valence-electron chi connectivity index (χ0n) is 11.4. The highest BCUT2D eigenvalue weighted by Crippen LogP contribution is 2.33. The molecule has 0 aromatic heterocycles. The van der Waals surface area contributed by atoms with Crippen molar-refractivity contribution in [3.05, 3.63) is 29.3 Å². The van der Waals surface area contributed by atoms with Crippen LogP contribution in [0.1, 0.15) is 49.3 Å². The minimum Gasteiger partial charge on any atom is -0.399 e. The third kappa shape index (κ3) is 2.77. The highest BCUT2D eigenvalue weighted by atomic mass is 16.3. The molecule has 0 saturated heterocycles. The van der Waals surface area contributed by atoms with Gasteiger partial charge in [0.2, 0.25) is 0 Å². The molecule has 1 saturated carbocycles. The van der Waals surface area contributed by atoms with Crippen molar-refractivity contribution in [2.24, 2.45) is 5.92 Å². The second-order valence-electron chi connectivity index (χ2n) is 6.07. The van der Waals surface area contributed by atoms with Crippen molar-refractivity contribution in [1.82, 2.24) is 5.32 Å². The quantitative estimate of drug-likeness (QED) is 0.731. The summed E-state index contributed by atoms with van der Waals surface area (Å²) in [6.07, 6.45) is 6.75. The highest BCUT2D eigenvalue weighted by molar-refractivity contribution is 5.47. The minimum absolute atomic E-state index is 0.103. The molecule has 19 heavy (non-hydrogen) atoms. The lowest BCUT2D eigenvalue weighted by molar-refractivity contribution is 0.0681. The predicted octanol–water partition coefficient (Wildman–Crippen LogP) is 2.40. The molecule has 3 nitrogen and oxygen atoms in total. The zero-order valence-corrected chi connectivity index (χ0v) is 11.4. The van der Waals surface area contributed by atoms with Crippen LogP contribution in [0.4, 0.5) is 5.69 Å². The molecule has 1 aromatic rings. The van der Waals surface area contributed by atoms with Crippen LogP contribution in [0.2, 0.25) is 0 Å². The smallest absolute Gasteiger partial charge is 0.0580 e. The van der Waals surface area contributed by atoms with E-state index in [-0.39, 0.29) is 6.10 Å². The molecule has 0 radical (unpaired) electrons. The van der Waals surface area contributed by atoms with Crippen molar-refractivity contribution in [3.8, 4) is 0 Å². The van der Waals surface area contributed by atoms with E-state index in [0.29, 0.717) is 12.0 Å². The zero-order chi connectivity index (χ0) is 13.2. The fraction of sp³-hybridized carbons (Fsp3) is 0.625. The van der Waals surface area contributed by atoms with Gasteiger partial charge in [-0.2, -0.15) is 0 Å². The average Bonchev–Trinajstić information content (AvgIpc) is 2.80. The van der Waals surface area contributed by atoms with Gasteiger partial charge >= 0.3 is 0 Å². The summed E-state index contributed by atoms with van der Waals surface area (Å²) in [5, 5.41) is 13.7. The van der Waals surface area contributed by atoms with Crippen LogP contribution in [-0.2, 0) is 6.42 Å². The van der Waals surface area contributed by atoms with E-state index in [9.17, 15) is 5.11 Å². The first-order valence-corrected chi connectivity index (χ1v) is 7.54. The van der Waals surface area contributed by atoms with Crippen molar-refractivity contribution in [3.63, 3.8) is 0 Å². The third-order valence-electron chi connectivity index (χ3n) is 4.74. The number of anilines is 1. The second-order valence-corrected chi connectivity index (χ2v) is 6.07. The molecular formula is C16H24N2O. The molecule has 3 rings (SSSR count). The number of aliphatic hydroxyl groups excluding tert-OH is 1. The third-order valence-corrected chi connectivity index (χ3v) is 4.74. The van der Waals surface area contributed by atoms with Crippen molar-refractivity contribution < 1.29 is 5.11 Å². The van der Waals surface area contributed by atoms with E-state index >= 15 is 0 Å². The summed E-state index contributed by atoms with van der Waals surface area (Å²) in [6.45, 7) is 0.940. The fourth-order valence-corrected chi connectivity index (χ4v) is 3.57. The van der Waals surface area contributed by atoms with Crippen LogP contribution in [0, 0.1) is 5.92 Å². The standard InChI is InChI=1S/C16H24N2O/c17-13-6-7-14-11(9-13)5-8-15(14)18-10-12-3-1-2-4-16(12)19/h6-7,9,12,15-16,18-19H,1-5,8,10,17H2. The second kappa shape index (κ2) is 5.51. The van der Waals surface area contributed by atoms with Gasteiger partial charge in [-0.15, -0.1) is 0 Å². The molecule has 3 heteroatoms. The Labute approximate surface area is 115 Å². The van der Waals surface area contributed by atoms with Crippen LogP contribution in [0.25, 0.3) is 0 Å². The summed E-state index contributed by atoms with van der Waals surface area (Å²) in [6, 6.07) is 6.71. The Morgan fingerprint density at radius 1 is 1.21 bits per heavy atom. The lowest BCUT2D eigenvalue weighted by atomic mass is 9.86. The Hall–Kier alpha value is -1.06. The first-order chi connectivity index (χ1) is 9.24. The monoisotopic (exact) mass is 260 g/mol. The van der Waals surface area contributed by atoms with Gasteiger partial charge < -0.3 is 16.2 Å². The molecule has 0 heterocycles. The highest BCUT2D eigenvalue weighted by Gasteiger charge is 2.26. The maximum absolute atomic E-state index is 10.0. The number of aliphatic hydroxyl groups is 1. The summed E-state index contributed by atoms with van der Waals surface area (Å²) in [4.78, 5) is 0. The van der Waals surface area contributed by atoms with Gasteiger partial charge in [0.25, 0.3) is 0 Å². The molecule has 1 fully saturated rings. The van der Waals surface area contributed by atoms with Crippen LogP contribution >= 0.6 is 0 Å². The fourth-order valence-electron chi connectivity index (χ4n) is 3.57. The van der Waals surface area contributed by atoms with Crippen molar-refractivity contribution in [2.45, 2.75) is 50.7 Å². The molecule has 0 aliphatic heterocycles. The number of rotatable bonds is 3. The Balaban J connectivity index is 1.60. The Morgan fingerprint density at radius 2 is 2.05 bits per heavy atom. The van der Waals surface area contributed by atoms with Crippen molar-refractivity contribution in [2.75, 3.05) is 12.3 Å². The van der Waals surface area contributed by atoms with Gasteiger partial charge in [-0.05, 0) is 54.9 Å². The number of aryl methyl sites for hydroxylation is 1. The maximum atomic E-state index is 10.0. The number of nitrogens with one attached hydrogen (secondary N) is 1. The molecule has 3 atom stereocenters. The van der Waals surface area contributed by atoms with Gasteiger partial charge in [0.05, 0.1) is 6.10 Å². The SMILES string of the molecule is Nc1ccc2c(c1)CCC2NCC1CCCCC1O. The van der Waals surface area contributed by atoms with E-state index in [1.165, 1.54) is 24.0 Å². The Bertz CT molecular complexity index is 446. The minimum atomic E-state index is -0.103. The molecule has 4 N–H and O–H groups in total. The Kier molecular flexibility index (Phi) is 3.76. The van der Waals surface area contributed by atoms with E-state index in [4.69, 9.17) is 5.73 Å². The number of nitrogen functional groups attached to an aromatic ring is 1. The largest absolute Gasteiger partial charge is 0.399 e. The van der Waals surface area contributed by atoms with Gasteiger partial charge in [0, 0.05) is 18.3 Å². The topological polar surface area (TPSA) is 58.3 Å². The van der Waals surface area contributed by atoms with Crippen LogP contribution < -0.4 is 11.1 Å². The summed E-state index contributed by atoms with van der Waals surface area (Å²) >= 11 is 0. The summed E-state index contributed by atoms with van der Waals surface area (Å²) in [5.41, 5.74) is 9.49. The summed E-state index contributed by atoms with van der Waals surface area (Å²) in [7, 11) is 0. The van der Waals surface area contributed by atoms with Gasteiger partial charge in [0.1, 0.15) is 0 Å². The maximum Gasteiger partial charge on any atom is 0.0580 e. The lowest BCUT2D eigenvalue weighted by Crippen LogP contribution is -2.35.